The lowest BCUT2D eigenvalue weighted by Gasteiger charge is -2.29. The summed E-state index contributed by atoms with van der Waals surface area (Å²) in [6, 6.07) is 5.84. The van der Waals surface area contributed by atoms with Crippen LogP contribution in [0.3, 0.4) is 0 Å². The van der Waals surface area contributed by atoms with E-state index in [0.717, 1.165) is 22.2 Å². The van der Waals surface area contributed by atoms with Crippen LogP contribution in [0.4, 0.5) is 0 Å². The fourth-order valence-corrected chi connectivity index (χ4v) is 2.54. The Labute approximate surface area is 97.4 Å². The largest absolute Gasteiger partial charge is 0.490 e. The normalized spacial score (nSPS) is 29.5. The molecular formula is C12H13BrO2. The van der Waals surface area contributed by atoms with Crippen LogP contribution < -0.4 is 4.74 Å². The molecule has 1 saturated carbocycles. The highest BCUT2D eigenvalue weighted by Gasteiger charge is 2.38. The van der Waals surface area contributed by atoms with E-state index in [-0.39, 0.29) is 12.2 Å². The van der Waals surface area contributed by atoms with Gasteiger partial charge >= 0.3 is 0 Å². The molecule has 2 aliphatic rings. The molecule has 1 N–H and O–H groups in total. The summed E-state index contributed by atoms with van der Waals surface area (Å²) in [4.78, 5) is 0. The summed E-state index contributed by atoms with van der Waals surface area (Å²) in [6.07, 6.45) is 3.12. The Hall–Kier alpha value is -0.540. The minimum atomic E-state index is -0.354. The summed E-state index contributed by atoms with van der Waals surface area (Å²) < 4.78 is 6.92. The van der Waals surface area contributed by atoms with Crippen LogP contribution in [0.5, 0.6) is 5.75 Å². The molecule has 1 aliphatic heterocycles. The number of hydrogen-bond acceptors (Lipinski definition) is 2. The number of hydrogen-bond donors (Lipinski definition) is 1. The van der Waals surface area contributed by atoms with Crippen LogP contribution in [0.2, 0.25) is 0 Å². The van der Waals surface area contributed by atoms with E-state index in [2.05, 4.69) is 15.9 Å². The van der Waals surface area contributed by atoms with Crippen molar-refractivity contribution in [2.24, 2.45) is 5.92 Å². The number of rotatable bonds is 1. The molecule has 3 rings (SSSR count). The second kappa shape index (κ2) is 3.49. The fourth-order valence-electron chi connectivity index (χ4n) is 2.20. The van der Waals surface area contributed by atoms with Gasteiger partial charge < -0.3 is 9.84 Å². The van der Waals surface area contributed by atoms with E-state index in [0.29, 0.717) is 5.92 Å². The van der Waals surface area contributed by atoms with Crippen molar-refractivity contribution in [1.29, 1.82) is 0 Å². The van der Waals surface area contributed by atoms with Crippen molar-refractivity contribution in [2.75, 3.05) is 0 Å². The smallest absolute Gasteiger partial charge is 0.126 e. The van der Waals surface area contributed by atoms with Gasteiger partial charge in [0.2, 0.25) is 0 Å². The van der Waals surface area contributed by atoms with Crippen LogP contribution in [-0.2, 0) is 0 Å². The monoisotopic (exact) mass is 268 g/mol. The van der Waals surface area contributed by atoms with Gasteiger partial charge in [0, 0.05) is 16.5 Å². The first-order chi connectivity index (χ1) is 7.24. The number of ether oxygens (including phenoxy) is 1. The molecule has 1 aromatic carbocycles. The SMILES string of the molecule is O[C@H]1CC(C2CC2)Oc2cc(Br)ccc21. The molecule has 1 unspecified atom stereocenters. The Morgan fingerprint density at radius 1 is 1.33 bits per heavy atom. The molecule has 1 aliphatic carbocycles. The minimum absolute atomic E-state index is 0.224. The molecule has 0 saturated heterocycles. The second-order valence-corrected chi connectivity index (χ2v) is 5.34. The van der Waals surface area contributed by atoms with Gasteiger partial charge in [0.1, 0.15) is 11.9 Å². The lowest BCUT2D eigenvalue weighted by molar-refractivity contribution is 0.0550. The summed E-state index contributed by atoms with van der Waals surface area (Å²) in [6.45, 7) is 0. The zero-order chi connectivity index (χ0) is 10.4. The number of fused-ring (bicyclic) bond motifs is 1. The van der Waals surface area contributed by atoms with E-state index in [9.17, 15) is 5.11 Å². The average Bonchev–Trinajstić information content (AvgIpc) is 2.99. The molecule has 0 aromatic heterocycles. The molecule has 0 bridgehead atoms. The molecule has 0 amide bonds. The predicted molar refractivity (Wildman–Crippen MR) is 60.9 cm³/mol. The van der Waals surface area contributed by atoms with Crippen LogP contribution >= 0.6 is 15.9 Å². The zero-order valence-electron chi connectivity index (χ0n) is 8.32. The predicted octanol–water partition coefficient (Wildman–Crippen LogP) is 3.04. The average molecular weight is 269 g/mol. The molecule has 2 nitrogen and oxygen atoms in total. The van der Waals surface area contributed by atoms with Crippen molar-refractivity contribution in [1.82, 2.24) is 0 Å². The quantitative estimate of drug-likeness (QED) is 0.849. The Bertz CT molecular complexity index is 387. The van der Waals surface area contributed by atoms with Crippen molar-refractivity contribution < 1.29 is 9.84 Å². The topological polar surface area (TPSA) is 29.5 Å². The number of halogens is 1. The van der Waals surface area contributed by atoms with Crippen LogP contribution in [0.25, 0.3) is 0 Å². The summed E-state index contributed by atoms with van der Waals surface area (Å²) in [5.74, 6) is 1.52. The second-order valence-electron chi connectivity index (χ2n) is 4.43. The number of benzene rings is 1. The first-order valence-electron chi connectivity index (χ1n) is 5.38. The Balaban J connectivity index is 1.93. The van der Waals surface area contributed by atoms with Crippen LogP contribution in [0.15, 0.2) is 22.7 Å². The third-order valence-corrected chi connectivity index (χ3v) is 3.71. The molecule has 0 radical (unpaired) electrons. The van der Waals surface area contributed by atoms with Gasteiger partial charge in [0.25, 0.3) is 0 Å². The van der Waals surface area contributed by atoms with Gasteiger partial charge in [-0.05, 0) is 30.9 Å². The van der Waals surface area contributed by atoms with Crippen molar-refractivity contribution in [3.63, 3.8) is 0 Å². The van der Waals surface area contributed by atoms with Gasteiger partial charge in [-0.1, -0.05) is 22.0 Å². The Morgan fingerprint density at radius 2 is 2.13 bits per heavy atom. The summed E-state index contributed by atoms with van der Waals surface area (Å²) in [7, 11) is 0. The number of aliphatic hydroxyl groups excluding tert-OH is 1. The maximum Gasteiger partial charge on any atom is 0.126 e. The maximum atomic E-state index is 10.0. The van der Waals surface area contributed by atoms with Crippen molar-refractivity contribution >= 4 is 15.9 Å². The molecule has 1 aromatic rings. The van der Waals surface area contributed by atoms with E-state index < -0.39 is 0 Å². The van der Waals surface area contributed by atoms with Crippen LogP contribution in [0.1, 0.15) is 30.9 Å². The first-order valence-corrected chi connectivity index (χ1v) is 6.17. The van der Waals surface area contributed by atoms with Crippen molar-refractivity contribution in [3.8, 4) is 5.75 Å². The third kappa shape index (κ3) is 1.79. The van der Waals surface area contributed by atoms with E-state index in [1.54, 1.807) is 0 Å². The van der Waals surface area contributed by atoms with Gasteiger partial charge in [-0.3, -0.25) is 0 Å². The highest BCUT2D eigenvalue weighted by molar-refractivity contribution is 9.10. The molecule has 0 spiro atoms. The summed E-state index contributed by atoms with van der Waals surface area (Å²) >= 11 is 3.42. The highest BCUT2D eigenvalue weighted by atomic mass is 79.9. The fraction of sp³-hybridized carbons (Fsp3) is 0.500. The van der Waals surface area contributed by atoms with Gasteiger partial charge in [0.15, 0.2) is 0 Å². The van der Waals surface area contributed by atoms with Crippen LogP contribution in [0, 0.1) is 5.92 Å². The molecule has 2 atom stereocenters. The number of aliphatic hydroxyl groups is 1. The van der Waals surface area contributed by atoms with Crippen molar-refractivity contribution in [3.05, 3.63) is 28.2 Å². The Kier molecular flexibility index (Phi) is 2.25. The standard InChI is InChI=1S/C12H13BrO2/c13-8-3-4-9-10(14)6-11(7-1-2-7)15-12(9)5-8/h3-5,7,10-11,14H,1-2,6H2/t10-,11?/m0/s1. The maximum absolute atomic E-state index is 10.0. The summed E-state index contributed by atoms with van der Waals surface area (Å²) in [5, 5.41) is 10.0. The van der Waals surface area contributed by atoms with E-state index in [4.69, 9.17) is 4.74 Å². The highest BCUT2D eigenvalue weighted by Crippen LogP contribution is 2.44. The van der Waals surface area contributed by atoms with Crippen molar-refractivity contribution in [2.45, 2.75) is 31.5 Å². The summed E-state index contributed by atoms with van der Waals surface area (Å²) in [5.41, 5.74) is 0.926. The molecule has 80 valence electrons. The van der Waals surface area contributed by atoms with E-state index in [1.807, 2.05) is 18.2 Å². The van der Waals surface area contributed by atoms with Crippen LogP contribution in [-0.4, -0.2) is 11.2 Å². The lowest BCUT2D eigenvalue weighted by Crippen LogP contribution is -2.27. The molecular weight excluding hydrogens is 256 g/mol. The van der Waals surface area contributed by atoms with Gasteiger partial charge in [-0.2, -0.15) is 0 Å². The van der Waals surface area contributed by atoms with Gasteiger partial charge in [-0.15, -0.1) is 0 Å². The van der Waals surface area contributed by atoms with Gasteiger partial charge in [0.05, 0.1) is 6.10 Å². The molecule has 1 fully saturated rings. The molecule has 15 heavy (non-hydrogen) atoms. The van der Waals surface area contributed by atoms with Gasteiger partial charge in [-0.25, -0.2) is 0 Å². The zero-order valence-corrected chi connectivity index (χ0v) is 9.90. The third-order valence-electron chi connectivity index (χ3n) is 3.22. The van der Waals surface area contributed by atoms with E-state index in [1.165, 1.54) is 12.8 Å². The molecule has 1 heterocycles. The van der Waals surface area contributed by atoms with E-state index >= 15 is 0 Å². The first kappa shape index (κ1) is 9.67. The minimum Gasteiger partial charge on any atom is -0.490 e. The Morgan fingerprint density at radius 3 is 2.87 bits per heavy atom. The lowest BCUT2D eigenvalue weighted by atomic mass is 9.97. The molecule has 3 heteroatoms.